The van der Waals surface area contributed by atoms with E-state index in [4.69, 9.17) is 0 Å². The Labute approximate surface area is 135 Å². The molecule has 0 atom stereocenters. The van der Waals surface area contributed by atoms with Crippen molar-refractivity contribution < 1.29 is 9.90 Å². The lowest BCUT2D eigenvalue weighted by Crippen LogP contribution is -2.13. The summed E-state index contributed by atoms with van der Waals surface area (Å²) in [5, 5.41) is 13.2. The van der Waals surface area contributed by atoms with E-state index >= 15 is 0 Å². The highest BCUT2D eigenvalue weighted by molar-refractivity contribution is 6.07. The first-order chi connectivity index (χ1) is 11.0. The molecule has 0 fully saturated rings. The molecule has 23 heavy (non-hydrogen) atoms. The van der Waals surface area contributed by atoms with Crippen LogP contribution in [0.2, 0.25) is 0 Å². The minimum absolute atomic E-state index is 0.0447. The Balaban J connectivity index is 1.93. The third-order valence-electron chi connectivity index (χ3n) is 4.30. The van der Waals surface area contributed by atoms with Crippen LogP contribution in [-0.2, 0) is 6.61 Å². The number of nitrogens with one attached hydrogen (secondary N) is 2. The SMILES string of the molecule is Cc1ccc(CO)cc1NC(=O)c1ccc2[nH]c(C)c(C)c2c1. The van der Waals surface area contributed by atoms with Gasteiger partial charge in [0.2, 0.25) is 0 Å². The third-order valence-corrected chi connectivity index (χ3v) is 4.30. The van der Waals surface area contributed by atoms with Crippen molar-refractivity contribution in [3.8, 4) is 0 Å². The molecule has 3 rings (SSSR count). The lowest BCUT2D eigenvalue weighted by atomic mass is 10.1. The van der Waals surface area contributed by atoms with Gasteiger partial charge in [-0.05, 0) is 61.7 Å². The molecule has 0 radical (unpaired) electrons. The van der Waals surface area contributed by atoms with Crippen LogP contribution in [0.5, 0.6) is 0 Å². The van der Waals surface area contributed by atoms with Crippen molar-refractivity contribution in [3.63, 3.8) is 0 Å². The Kier molecular flexibility index (Phi) is 3.92. The largest absolute Gasteiger partial charge is 0.392 e. The minimum Gasteiger partial charge on any atom is -0.392 e. The molecule has 0 aliphatic heterocycles. The molecule has 4 heteroatoms. The fraction of sp³-hybridized carbons (Fsp3) is 0.211. The molecule has 0 saturated carbocycles. The number of hydrogen-bond acceptors (Lipinski definition) is 2. The summed E-state index contributed by atoms with van der Waals surface area (Å²) in [6.07, 6.45) is 0. The number of carbonyl (C=O) groups excluding carboxylic acids is 1. The van der Waals surface area contributed by atoms with Crippen LogP contribution in [0.4, 0.5) is 5.69 Å². The van der Waals surface area contributed by atoms with Crippen LogP contribution in [-0.4, -0.2) is 16.0 Å². The number of H-pyrrole nitrogens is 1. The molecule has 2 aromatic carbocycles. The molecule has 1 amide bonds. The fourth-order valence-electron chi connectivity index (χ4n) is 2.70. The Morgan fingerprint density at radius 2 is 1.91 bits per heavy atom. The molecule has 118 valence electrons. The molecule has 0 unspecified atom stereocenters. The molecule has 0 aliphatic rings. The van der Waals surface area contributed by atoms with E-state index < -0.39 is 0 Å². The van der Waals surface area contributed by atoms with Crippen LogP contribution in [0.15, 0.2) is 36.4 Å². The number of aliphatic hydroxyl groups excluding tert-OH is 1. The van der Waals surface area contributed by atoms with Crippen LogP contribution in [0.3, 0.4) is 0 Å². The number of hydrogen-bond donors (Lipinski definition) is 3. The average Bonchev–Trinajstić information content (AvgIpc) is 2.83. The van der Waals surface area contributed by atoms with Crippen molar-refractivity contribution in [1.82, 2.24) is 4.98 Å². The van der Waals surface area contributed by atoms with Gasteiger partial charge in [0.15, 0.2) is 0 Å². The number of fused-ring (bicyclic) bond motifs is 1. The maximum absolute atomic E-state index is 12.5. The van der Waals surface area contributed by atoms with Crippen LogP contribution in [0, 0.1) is 20.8 Å². The summed E-state index contributed by atoms with van der Waals surface area (Å²) < 4.78 is 0. The zero-order valence-corrected chi connectivity index (χ0v) is 13.5. The van der Waals surface area contributed by atoms with Crippen molar-refractivity contribution in [2.24, 2.45) is 0 Å². The van der Waals surface area contributed by atoms with E-state index in [-0.39, 0.29) is 12.5 Å². The van der Waals surface area contributed by atoms with E-state index in [0.29, 0.717) is 5.56 Å². The predicted molar refractivity (Wildman–Crippen MR) is 92.8 cm³/mol. The average molecular weight is 308 g/mol. The molecular formula is C19H20N2O2. The van der Waals surface area contributed by atoms with Gasteiger partial charge in [-0.1, -0.05) is 12.1 Å². The normalized spacial score (nSPS) is 11.0. The zero-order chi connectivity index (χ0) is 16.6. The Hall–Kier alpha value is -2.59. The van der Waals surface area contributed by atoms with Gasteiger partial charge in [-0.3, -0.25) is 4.79 Å². The topological polar surface area (TPSA) is 65.1 Å². The second kappa shape index (κ2) is 5.89. The van der Waals surface area contributed by atoms with E-state index in [1.165, 1.54) is 0 Å². The van der Waals surface area contributed by atoms with E-state index in [2.05, 4.69) is 10.3 Å². The maximum Gasteiger partial charge on any atom is 0.255 e. The van der Waals surface area contributed by atoms with Crippen molar-refractivity contribution in [2.45, 2.75) is 27.4 Å². The molecule has 0 saturated heterocycles. The Bertz CT molecular complexity index is 894. The number of rotatable bonds is 3. The van der Waals surface area contributed by atoms with E-state index in [9.17, 15) is 9.90 Å². The van der Waals surface area contributed by atoms with Crippen LogP contribution < -0.4 is 5.32 Å². The number of amides is 1. The smallest absolute Gasteiger partial charge is 0.255 e. The monoisotopic (exact) mass is 308 g/mol. The Morgan fingerprint density at radius 1 is 1.13 bits per heavy atom. The predicted octanol–water partition coefficient (Wildman–Crippen LogP) is 3.84. The van der Waals surface area contributed by atoms with E-state index in [1.54, 1.807) is 6.07 Å². The quantitative estimate of drug-likeness (QED) is 0.688. The molecule has 1 heterocycles. The van der Waals surface area contributed by atoms with Crippen molar-refractivity contribution in [2.75, 3.05) is 5.32 Å². The van der Waals surface area contributed by atoms with Gasteiger partial charge in [0, 0.05) is 27.8 Å². The molecular weight excluding hydrogens is 288 g/mol. The number of carbonyl (C=O) groups is 1. The molecule has 3 aromatic rings. The summed E-state index contributed by atoms with van der Waals surface area (Å²) in [7, 11) is 0. The Morgan fingerprint density at radius 3 is 2.65 bits per heavy atom. The molecule has 0 bridgehead atoms. The first-order valence-corrected chi connectivity index (χ1v) is 7.60. The van der Waals surface area contributed by atoms with Crippen LogP contribution in [0.25, 0.3) is 10.9 Å². The number of anilines is 1. The standard InChI is InChI=1S/C19H20N2O2/c1-11-4-5-14(10-22)8-18(11)21-19(23)15-6-7-17-16(9-15)12(2)13(3)20-17/h4-9,20,22H,10H2,1-3H3,(H,21,23). The van der Waals surface area contributed by atoms with Crippen LogP contribution in [0.1, 0.15) is 32.7 Å². The number of aromatic amines is 1. The van der Waals surface area contributed by atoms with Gasteiger partial charge in [0.1, 0.15) is 0 Å². The summed E-state index contributed by atoms with van der Waals surface area (Å²) >= 11 is 0. The second-order valence-corrected chi connectivity index (χ2v) is 5.90. The molecule has 0 spiro atoms. The third kappa shape index (κ3) is 2.85. The van der Waals surface area contributed by atoms with Crippen molar-refractivity contribution in [3.05, 3.63) is 64.3 Å². The van der Waals surface area contributed by atoms with Gasteiger partial charge in [-0.25, -0.2) is 0 Å². The van der Waals surface area contributed by atoms with Gasteiger partial charge < -0.3 is 15.4 Å². The number of aromatic nitrogens is 1. The zero-order valence-electron chi connectivity index (χ0n) is 13.5. The molecule has 3 N–H and O–H groups in total. The lowest BCUT2D eigenvalue weighted by molar-refractivity contribution is 0.102. The molecule has 0 aliphatic carbocycles. The minimum atomic E-state index is -0.150. The highest BCUT2D eigenvalue weighted by atomic mass is 16.3. The first-order valence-electron chi connectivity index (χ1n) is 7.60. The first kappa shape index (κ1) is 15.3. The molecule has 4 nitrogen and oxygen atoms in total. The van der Waals surface area contributed by atoms with Crippen LogP contribution >= 0.6 is 0 Å². The summed E-state index contributed by atoms with van der Waals surface area (Å²) in [4.78, 5) is 15.9. The number of benzene rings is 2. The summed E-state index contributed by atoms with van der Waals surface area (Å²) in [5.74, 6) is -0.150. The summed E-state index contributed by atoms with van der Waals surface area (Å²) in [6, 6.07) is 11.2. The highest BCUT2D eigenvalue weighted by Gasteiger charge is 2.11. The highest BCUT2D eigenvalue weighted by Crippen LogP contribution is 2.23. The summed E-state index contributed by atoms with van der Waals surface area (Å²) in [5.41, 5.74) is 6.40. The summed E-state index contributed by atoms with van der Waals surface area (Å²) in [6.45, 7) is 5.96. The van der Waals surface area contributed by atoms with Crippen molar-refractivity contribution >= 4 is 22.5 Å². The van der Waals surface area contributed by atoms with Crippen molar-refractivity contribution in [1.29, 1.82) is 0 Å². The van der Waals surface area contributed by atoms with Gasteiger partial charge >= 0.3 is 0 Å². The van der Waals surface area contributed by atoms with E-state index in [0.717, 1.165) is 39.0 Å². The van der Waals surface area contributed by atoms with Gasteiger partial charge in [-0.2, -0.15) is 0 Å². The second-order valence-electron chi connectivity index (χ2n) is 5.90. The lowest BCUT2D eigenvalue weighted by Gasteiger charge is -2.10. The van der Waals surface area contributed by atoms with E-state index in [1.807, 2.05) is 51.1 Å². The number of aliphatic hydroxyl groups is 1. The molecule has 1 aromatic heterocycles. The van der Waals surface area contributed by atoms with Gasteiger partial charge in [0.25, 0.3) is 5.91 Å². The maximum atomic E-state index is 12.5. The fourth-order valence-corrected chi connectivity index (χ4v) is 2.70. The van der Waals surface area contributed by atoms with Gasteiger partial charge in [-0.15, -0.1) is 0 Å². The number of aryl methyl sites for hydroxylation is 3. The van der Waals surface area contributed by atoms with Gasteiger partial charge in [0.05, 0.1) is 6.61 Å².